The molecule has 274 valence electrons. The lowest BCUT2D eigenvalue weighted by molar-refractivity contribution is 0.124. The molecule has 2 aromatic rings. The second-order valence-electron chi connectivity index (χ2n) is 16.8. The number of benzene rings is 2. The van der Waals surface area contributed by atoms with E-state index in [1.54, 1.807) is 32.0 Å². The van der Waals surface area contributed by atoms with E-state index >= 15 is 0 Å². The number of unbranched alkanes of at least 4 members (excludes halogenated alkanes) is 1. The minimum atomic E-state index is -0.847. The predicted molar refractivity (Wildman–Crippen MR) is 194 cm³/mol. The third-order valence-corrected chi connectivity index (χ3v) is 13.4. The Morgan fingerprint density at radius 1 is 0.551 bits per heavy atom. The van der Waals surface area contributed by atoms with Crippen molar-refractivity contribution in [1.29, 1.82) is 0 Å². The number of hydrogen-bond acceptors (Lipinski definition) is 1. The predicted octanol–water partition coefficient (Wildman–Crippen LogP) is 13.8. The fourth-order valence-electron chi connectivity index (χ4n) is 9.85. The minimum absolute atomic E-state index is 0.0569. The van der Waals surface area contributed by atoms with Crippen LogP contribution < -0.4 is 4.74 Å². The van der Waals surface area contributed by atoms with Crippen LogP contribution in [0.2, 0.25) is 0 Å². The second kappa shape index (κ2) is 18.5. The summed E-state index contributed by atoms with van der Waals surface area (Å²) in [5, 5.41) is 0. The van der Waals surface area contributed by atoms with Crippen molar-refractivity contribution in [2.75, 3.05) is 6.61 Å². The summed E-state index contributed by atoms with van der Waals surface area (Å²) in [5.74, 6) is 3.26. The first-order chi connectivity index (χ1) is 23.6. The fourth-order valence-corrected chi connectivity index (χ4v) is 9.85. The Morgan fingerprint density at radius 2 is 1.02 bits per heavy atom. The molecule has 0 N–H and O–H groups in total. The molecule has 49 heavy (non-hydrogen) atoms. The molecule has 6 rings (SSSR count). The maximum Gasteiger partial charge on any atom is 0.200 e. The Bertz CT molecular complexity index is 1290. The van der Waals surface area contributed by atoms with Crippen LogP contribution in [-0.4, -0.2) is 6.61 Å². The molecule has 4 aliphatic rings. The van der Waals surface area contributed by atoms with Gasteiger partial charge in [-0.05, 0) is 161 Å². The highest BCUT2D eigenvalue weighted by molar-refractivity contribution is 5.30. The van der Waals surface area contributed by atoms with Crippen LogP contribution >= 0.6 is 0 Å². The van der Waals surface area contributed by atoms with Gasteiger partial charge in [0.2, 0.25) is 5.82 Å². The Morgan fingerprint density at radius 3 is 1.57 bits per heavy atom. The van der Waals surface area contributed by atoms with Gasteiger partial charge in [0.1, 0.15) is 0 Å². The molecule has 2 aromatic carbocycles. The molecule has 0 atom stereocenters. The van der Waals surface area contributed by atoms with Crippen molar-refractivity contribution in [3.05, 3.63) is 64.2 Å². The fraction of sp³-hybridized carbons (Fsp3) is 0.727. The molecule has 0 saturated heterocycles. The lowest BCUT2D eigenvalue weighted by atomic mass is 9.68. The van der Waals surface area contributed by atoms with E-state index in [0.717, 1.165) is 61.2 Å². The SMILES string of the molecule is CCCCC1CCC(C2CCC(c3ccc(C)c(F)c3F)CC2)CC1.Cc1ccc(OCC2CCC(C3CCC(C)CC3)CC2)c(F)c1F. The van der Waals surface area contributed by atoms with E-state index < -0.39 is 23.3 Å². The van der Waals surface area contributed by atoms with Gasteiger partial charge < -0.3 is 4.74 Å². The van der Waals surface area contributed by atoms with Crippen molar-refractivity contribution in [3.8, 4) is 5.75 Å². The second-order valence-corrected chi connectivity index (χ2v) is 16.8. The molecule has 0 unspecified atom stereocenters. The van der Waals surface area contributed by atoms with Gasteiger partial charge in [0.15, 0.2) is 23.2 Å². The van der Waals surface area contributed by atoms with Gasteiger partial charge in [-0.15, -0.1) is 0 Å². The van der Waals surface area contributed by atoms with Crippen molar-refractivity contribution < 1.29 is 22.3 Å². The van der Waals surface area contributed by atoms with Crippen LogP contribution in [-0.2, 0) is 0 Å². The zero-order valence-corrected chi connectivity index (χ0v) is 31.0. The molecule has 0 heterocycles. The van der Waals surface area contributed by atoms with Crippen LogP contribution in [0.15, 0.2) is 24.3 Å². The number of halogens is 4. The molecule has 0 aliphatic heterocycles. The van der Waals surface area contributed by atoms with Gasteiger partial charge >= 0.3 is 0 Å². The average Bonchev–Trinajstić information content (AvgIpc) is 3.13. The summed E-state index contributed by atoms with van der Waals surface area (Å²) in [6.45, 7) is 8.36. The van der Waals surface area contributed by atoms with Crippen molar-refractivity contribution in [2.45, 2.75) is 156 Å². The Kier molecular flexibility index (Phi) is 14.4. The van der Waals surface area contributed by atoms with Crippen LogP contribution in [0.25, 0.3) is 0 Å². The van der Waals surface area contributed by atoms with Crippen molar-refractivity contribution >= 4 is 0 Å². The number of hydrogen-bond donors (Lipinski definition) is 0. The number of rotatable bonds is 9. The summed E-state index contributed by atoms with van der Waals surface area (Å²) in [6.07, 6.45) is 24.7. The van der Waals surface area contributed by atoms with Gasteiger partial charge in [-0.25, -0.2) is 13.2 Å². The third-order valence-electron chi connectivity index (χ3n) is 13.4. The lowest BCUT2D eigenvalue weighted by Gasteiger charge is -2.38. The third kappa shape index (κ3) is 10.3. The minimum Gasteiger partial charge on any atom is -0.490 e. The molecule has 5 heteroatoms. The summed E-state index contributed by atoms with van der Waals surface area (Å²) >= 11 is 0. The monoisotopic (exact) mass is 684 g/mol. The Balaban J connectivity index is 0.000000191. The smallest absolute Gasteiger partial charge is 0.200 e. The topological polar surface area (TPSA) is 9.23 Å². The summed E-state index contributed by atoms with van der Waals surface area (Å²) in [5.41, 5.74) is 1.35. The molecule has 4 saturated carbocycles. The van der Waals surface area contributed by atoms with E-state index in [1.165, 1.54) is 96.3 Å². The summed E-state index contributed by atoms with van der Waals surface area (Å²) in [4.78, 5) is 0. The van der Waals surface area contributed by atoms with Gasteiger partial charge in [0.25, 0.3) is 0 Å². The van der Waals surface area contributed by atoms with Gasteiger partial charge in [0.05, 0.1) is 6.61 Å². The largest absolute Gasteiger partial charge is 0.490 e. The first kappa shape index (κ1) is 38.2. The Labute approximate surface area is 295 Å². The molecular formula is C44H64F4O. The normalized spacial score (nSPS) is 30.7. The first-order valence-electron chi connectivity index (χ1n) is 20.2. The quantitative estimate of drug-likeness (QED) is 0.239. The van der Waals surface area contributed by atoms with Gasteiger partial charge in [-0.1, -0.05) is 77.0 Å². The summed E-state index contributed by atoms with van der Waals surface area (Å²) < 4.78 is 61.2. The van der Waals surface area contributed by atoms with Crippen LogP contribution in [0.3, 0.4) is 0 Å². The lowest BCUT2D eigenvalue weighted by Crippen LogP contribution is -2.27. The maximum absolute atomic E-state index is 14.3. The van der Waals surface area contributed by atoms with E-state index in [1.807, 2.05) is 6.07 Å². The first-order valence-corrected chi connectivity index (χ1v) is 20.2. The van der Waals surface area contributed by atoms with E-state index in [4.69, 9.17) is 4.74 Å². The molecule has 1 nitrogen and oxygen atoms in total. The maximum atomic E-state index is 14.3. The molecule has 0 radical (unpaired) electrons. The number of ether oxygens (including phenoxy) is 1. The van der Waals surface area contributed by atoms with E-state index in [2.05, 4.69) is 13.8 Å². The summed E-state index contributed by atoms with van der Waals surface area (Å²) in [7, 11) is 0. The van der Waals surface area contributed by atoms with Gasteiger partial charge in [-0.3, -0.25) is 0 Å². The molecule has 4 aliphatic carbocycles. The standard InChI is InChI=1S/C23H34F2.C21H30F2O/c1-3-4-5-17-7-9-18(10-8-17)19-11-13-20(14-12-19)21-15-6-16(2)22(24)23(21)25;1-14-3-8-17(9-4-14)18-10-6-16(7-11-18)13-24-19-12-5-15(2)20(22)21(19)23/h6,15,17-20H,3-5,7-14H2,1-2H3;5,12,14,16-18H,3-4,6-11,13H2,1-2H3. The van der Waals surface area contributed by atoms with E-state index in [-0.39, 0.29) is 11.7 Å². The highest BCUT2D eigenvalue weighted by Gasteiger charge is 2.33. The zero-order chi connectivity index (χ0) is 34.9. The van der Waals surface area contributed by atoms with Crippen molar-refractivity contribution in [1.82, 2.24) is 0 Å². The van der Waals surface area contributed by atoms with Crippen LogP contribution in [0.4, 0.5) is 17.6 Å². The molecule has 4 fully saturated rings. The van der Waals surface area contributed by atoms with Crippen molar-refractivity contribution in [2.24, 2.45) is 41.4 Å². The van der Waals surface area contributed by atoms with Crippen LogP contribution in [0, 0.1) is 78.5 Å². The van der Waals surface area contributed by atoms with E-state index in [9.17, 15) is 17.6 Å². The summed E-state index contributed by atoms with van der Waals surface area (Å²) in [6, 6.07) is 6.67. The zero-order valence-electron chi connectivity index (χ0n) is 31.0. The highest BCUT2D eigenvalue weighted by Crippen LogP contribution is 2.45. The van der Waals surface area contributed by atoms with Gasteiger partial charge in [0, 0.05) is 0 Å². The molecule has 0 amide bonds. The Hall–Kier alpha value is -2.04. The molecular weight excluding hydrogens is 620 g/mol. The van der Waals surface area contributed by atoms with Gasteiger partial charge in [-0.2, -0.15) is 4.39 Å². The molecule has 0 bridgehead atoms. The highest BCUT2D eigenvalue weighted by atomic mass is 19.2. The molecule has 0 spiro atoms. The van der Waals surface area contributed by atoms with E-state index in [0.29, 0.717) is 29.2 Å². The van der Waals surface area contributed by atoms with Crippen molar-refractivity contribution in [3.63, 3.8) is 0 Å². The molecule has 0 aromatic heterocycles. The number of aryl methyl sites for hydroxylation is 2. The average molecular weight is 685 g/mol. The van der Waals surface area contributed by atoms with Crippen LogP contribution in [0.5, 0.6) is 5.75 Å². The van der Waals surface area contributed by atoms with Crippen LogP contribution in [0.1, 0.15) is 158 Å².